The molecule has 14 nitrogen and oxygen atoms in total. The first-order valence-electron chi connectivity index (χ1n) is 11.5. The summed E-state index contributed by atoms with van der Waals surface area (Å²) in [5.74, 6) is -3.51. The molecule has 0 fully saturated rings. The Balaban J connectivity index is 4.83. The van der Waals surface area contributed by atoms with Gasteiger partial charge in [-0.05, 0) is 0 Å². The van der Waals surface area contributed by atoms with E-state index in [-0.39, 0.29) is 11.5 Å². The number of nitrogens with one attached hydrogen (secondary N) is 2. The minimum atomic E-state index is -1.19. The second-order valence-corrected chi connectivity index (χ2v) is 10.7. The van der Waals surface area contributed by atoms with Gasteiger partial charge in [-0.1, -0.05) is 49.3 Å². The Bertz CT molecular complexity index is 758. The van der Waals surface area contributed by atoms with Crippen LogP contribution in [0.4, 0.5) is 9.59 Å². The number of carbonyl (C=O) groups excluding carboxylic acids is 6. The molecule has 0 aliphatic heterocycles. The van der Waals surface area contributed by atoms with Crippen molar-refractivity contribution in [2.45, 2.75) is 66.2 Å². The van der Waals surface area contributed by atoms with Gasteiger partial charge in [0, 0.05) is 25.4 Å². The number of hydrogen-bond acceptors (Lipinski definition) is 14. The van der Waals surface area contributed by atoms with Gasteiger partial charge in [0.15, 0.2) is 0 Å². The van der Waals surface area contributed by atoms with E-state index in [9.17, 15) is 28.8 Å². The summed E-state index contributed by atoms with van der Waals surface area (Å²) in [6, 6.07) is -2.27. The zero-order chi connectivity index (χ0) is 29.4. The molecule has 0 aliphatic rings. The lowest BCUT2D eigenvalue weighted by Crippen LogP contribution is -2.45. The normalized spacial score (nSPS) is 13.8. The SMILES string of the molecule is COC(=O)C(CSSCC(NC(=O)OC(C)OC(=O)C(C)C)C(=O)OC)NC(=O)OC(C)OC(=O)C(C)C. The Morgan fingerprint density at radius 1 is 0.553 bits per heavy atom. The van der Waals surface area contributed by atoms with Crippen LogP contribution in [-0.2, 0) is 47.6 Å². The van der Waals surface area contributed by atoms with Crippen molar-refractivity contribution in [3.05, 3.63) is 0 Å². The van der Waals surface area contributed by atoms with E-state index in [0.29, 0.717) is 0 Å². The number of ether oxygens (including phenoxy) is 6. The maximum Gasteiger partial charge on any atom is 0.410 e. The fourth-order valence-corrected chi connectivity index (χ4v) is 4.45. The average Bonchev–Trinajstić information content (AvgIpc) is 2.83. The lowest BCUT2D eigenvalue weighted by atomic mass is 10.2. The average molecular weight is 585 g/mol. The smallest absolute Gasteiger partial charge is 0.410 e. The summed E-state index contributed by atoms with van der Waals surface area (Å²) in [6.45, 7) is 9.16. The molecule has 38 heavy (non-hydrogen) atoms. The fourth-order valence-electron chi connectivity index (χ4n) is 2.16. The lowest BCUT2D eigenvalue weighted by Gasteiger charge is -2.20. The van der Waals surface area contributed by atoms with Gasteiger partial charge >= 0.3 is 36.1 Å². The number of esters is 4. The molecule has 0 rings (SSSR count). The van der Waals surface area contributed by atoms with Crippen molar-refractivity contribution in [2.24, 2.45) is 11.8 Å². The van der Waals surface area contributed by atoms with Gasteiger partial charge < -0.3 is 39.1 Å². The van der Waals surface area contributed by atoms with E-state index in [1.54, 1.807) is 27.7 Å². The molecule has 0 heterocycles. The van der Waals surface area contributed by atoms with Gasteiger partial charge in [0.05, 0.1) is 26.1 Å². The van der Waals surface area contributed by atoms with E-state index >= 15 is 0 Å². The highest BCUT2D eigenvalue weighted by atomic mass is 33.1. The molecular formula is C22H36N2O12S2. The van der Waals surface area contributed by atoms with E-state index in [1.165, 1.54) is 13.8 Å². The highest BCUT2D eigenvalue weighted by molar-refractivity contribution is 8.76. The first-order valence-corrected chi connectivity index (χ1v) is 14.0. The van der Waals surface area contributed by atoms with Crippen LogP contribution in [-0.4, -0.2) is 86.5 Å². The summed E-state index contributed by atoms with van der Waals surface area (Å²) in [5.41, 5.74) is 0. The van der Waals surface area contributed by atoms with Crippen LogP contribution in [0.15, 0.2) is 0 Å². The van der Waals surface area contributed by atoms with Crippen molar-refractivity contribution < 1.29 is 57.2 Å². The third-order valence-electron chi connectivity index (χ3n) is 4.16. The third kappa shape index (κ3) is 14.8. The molecule has 0 aromatic carbocycles. The van der Waals surface area contributed by atoms with E-state index in [4.69, 9.17) is 18.9 Å². The quantitative estimate of drug-likeness (QED) is 0.0937. The van der Waals surface area contributed by atoms with Crippen molar-refractivity contribution in [2.75, 3.05) is 25.7 Å². The zero-order valence-corrected chi connectivity index (χ0v) is 24.2. The van der Waals surface area contributed by atoms with Crippen molar-refractivity contribution in [3.8, 4) is 0 Å². The molecule has 4 unspecified atom stereocenters. The summed E-state index contributed by atoms with van der Waals surface area (Å²) >= 11 is 0. The second kappa shape index (κ2) is 18.4. The molecule has 2 amide bonds. The predicted molar refractivity (Wildman–Crippen MR) is 137 cm³/mol. The molecule has 0 spiro atoms. The van der Waals surface area contributed by atoms with Crippen molar-refractivity contribution in [1.29, 1.82) is 0 Å². The standard InChI is InChI=1S/C22H36N2O12S2/c1-11(2)17(25)33-13(5)35-21(29)23-15(19(27)31-7)9-37-38-10-16(20(28)32-8)24-22(30)36-14(6)34-18(26)12(3)4/h11-16H,9-10H2,1-8H3,(H,23,29)(H,24,30). The second-order valence-electron chi connectivity index (χ2n) is 8.14. The van der Waals surface area contributed by atoms with Crippen molar-refractivity contribution in [1.82, 2.24) is 10.6 Å². The number of rotatable bonds is 15. The maximum atomic E-state index is 12.1. The van der Waals surface area contributed by atoms with E-state index in [0.717, 1.165) is 35.8 Å². The Kier molecular flexibility index (Phi) is 17.0. The van der Waals surface area contributed by atoms with Gasteiger partial charge in [0.25, 0.3) is 0 Å². The third-order valence-corrected chi connectivity index (χ3v) is 6.58. The topological polar surface area (TPSA) is 182 Å². The van der Waals surface area contributed by atoms with Gasteiger partial charge in [-0.3, -0.25) is 9.59 Å². The van der Waals surface area contributed by atoms with Crippen molar-refractivity contribution >= 4 is 57.7 Å². The molecule has 0 aromatic heterocycles. The summed E-state index contributed by atoms with van der Waals surface area (Å²) < 4.78 is 29.1. The van der Waals surface area contributed by atoms with Crippen LogP contribution in [0.25, 0.3) is 0 Å². The van der Waals surface area contributed by atoms with Crippen LogP contribution in [0.5, 0.6) is 0 Å². The molecule has 0 radical (unpaired) electrons. The summed E-state index contributed by atoms with van der Waals surface area (Å²) in [4.78, 5) is 71.6. The summed E-state index contributed by atoms with van der Waals surface area (Å²) in [7, 11) is 4.43. The molecule has 16 heteroatoms. The molecule has 0 saturated heterocycles. The molecule has 0 saturated carbocycles. The van der Waals surface area contributed by atoms with E-state index < -0.39 is 72.6 Å². The minimum Gasteiger partial charge on any atom is -0.467 e. The van der Waals surface area contributed by atoms with Crippen LogP contribution < -0.4 is 10.6 Å². The van der Waals surface area contributed by atoms with Crippen LogP contribution in [0.3, 0.4) is 0 Å². The van der Waals surface area contributed by atoms with Crippen LogP contribution in [0.2, 0.25) is 0 Å². The number of alkyl carbamates (subject to hydrolysis) is 2. The number of amides is 2. The Morgan fingerprint density at radius 3 is 1.13 bits per heavy atom. The Morgan fingerprint density at radius 2 is 0.868 bits per heavy atom. The molecular weight excluding hydrogens is 548 g/mol. The highest BCUT2D eigenvalue weighted by Gasteiger charge is 2.27. The van der Waals surface area contributed by atoms with E-state index in [2.05, 4.69) is 20.1 Å². The number of hydrogen-bond donors (Lipinski definition) is 2. The van der Waals surface area contributed by atoms with Crippen LogP contribution in [0.1, 0.15) is 41.5 Å². The van der Waals surface area contributed by atoms with E-state index in [1.807, 2.05) is 0 Å². The van der Waals surface area contributed by atoms with Gasteiger partial charge in [-0.25, -0.2) is 19.2 Å². The molecule has 4 atom stereocenters. The first kappa shape index (κ1) is 35.1. The molecule has 0 aliphatic carbocycles. The number of methoxy groups -OCH3 is 2. The maximum absolute atomic E-state index is 12.1. The lowest BCUT2D eigenvalue weighted by molar-refractivity contribution is -0.170. The Hall–Kier alpha value is -2.88. The number of carbonyl (C=O) groups is 6. The molecule has 218 valence electrons. The molecule has 2 N–H and O–H groups in total. The monoisotopic (exact) mass is 584 g/mol. The summed E-state index contributed by atoms with van der Waals surface area (Å²) in [5, 5.41) is 4.63. The molecule has 0 aromatic rings. The largest absolute Gasteiger partial charge is 0.467 e. The predicted octanol–water partition coefficient (Wildman–Crippen LogP) is 1.99. The molecule has 0 bridgehead atoms. The van der Waals surface area contributed by atoms with Gasteiger partial charge in [-0.2, -0.15) is 0 Å². The first-order chi connectivity index (χ1) is 17.7. The minimum absolute atomic E-state index is 0.00682. The van der Waals surface area contributed by atoms with Crippen LogP contribution in [0, 0.1) is 11.8 Å². The zero-order valence-electron chi connectivity index (χ0n) is 22.6. The van der Waals surface area contributed by atoms with Crippen molar-refractivity contribution in [3.63, 3.8) is 0 Å². The summed E-state index contributed by atoms with van der Waals surface area (Å²) in [6.07, 6.45) is -4.40. The van der Waals surface area contributed by atoms with Gasteiger partial charge in [0.2, 0.25) is 12.6 Å². The van der Waals surface area contributed by atoms with Gasteiger partial charge in [0.1, 0.15) is 12.1 Å². The fraction of sp³-hybridized carbons (Fsp3) is 0.727. The van der Waals surface area contributed by atoms with Crippen LogP contribution >= 0.6 is 21.6 Å². The Labute approximate surface area is 229 Å². The highest BCUT2D eigenvalue weighted by Crippen LogP contribution is 2.24. The van der Waals surface area contributed by atoms with Gasteiger partial charge in [-0.15, -0.1) is 0 Å².